The quantitative estimate of drug-likeness (QED) is 0.361. The summed E-state index contributed by atoms with van der Waals surface area (Å²) in [7, 11) is 1.59. The molecule has 101 valence electrons. The summed E-state index contributed by atoms with van der Waals surface area (Å²) >= 11 is 1.67. The number of hydrogen-bond acceptors (Lipinski definition) is 4. The molecule has 0 aliphatic rings. The molecule has 1 radical (unpaired) electrons. The third-order valence-corrected chi connectivity index (χ3v) is 4.03. The van der Waals surface area contributed by atoms with Crippen molar-refractivity contribution in [3.8, 4) is 0 Å². The van der Waals surface area contributed by atoms with Crippen LogP contribution in [0.25, 0.3) is 0 Å². The molecule has 1 unspecified atom stereocenters. The Balaban J connectivity index is 4.21. The highest BCUT2D eigenvalue weighted by Gasteiger charge is 2.31. The van der Waals surface area contributed by atoms with Crippen molar-refractivity contribution in [3.05, 3.63) is 5.75 Å². The molecule has 0 heterocycles. The fraction of sp³-hybridized carbons (Fsp3) is 0.846. The van der Waals surface area contributed by atoms with Gasteiger partial charge >= 0.3 is 5.97 Å². The number of methoxy groups -OCH3 is 1. The molecule has 0 amide bonds. The molecule has 17 heavy (non-hydrogen) atoms. The lowest BCUT2D eigenvalue weighted by atomic mass is 10.1. The van der Waals surface area contributed by atoms with Crippen molar-refractivity contribution in [3.63, 3.8) is 0 Å². The molecule has 0 aromatic rings. The molecule has 1 atom stereocenters. The summed E-state index contributed by atoms with van der Waals surface area (Å²) in [5, 5.41) is 0. The fourth-order valence-corrected chi connectivity index (χ4v) is 2.20. The number of hydrogen-bond donors (Lipinski definition) is 0. The molecule has 0 aromatic carbocycles. The normalized spacial score (nSPS) is 13.5. The van der Waals surface area contributed by atoms with Crippen molar-refractivity contribution in [1.82, 2.24) is 0 Å². The maximum absolute atomic E-state index is 11.9. The summed E-state index contributed by atoms with van der Waals surface area (Å²) < 4.78 is 10.8. The van der Waals surface area contributed by atoms with Crippen LogP contribution in [0.1, 0.15) is 47.0 Å². The molecule has 3 nitrogen and oxygen atoms in total. The molecule has 0 spiro atoms. The molecule has 0 N–H and O–H groups in total. The first-order valence-corrected chi connectivity index (χ1v) is 7.31. The van der Waals surface area contributed by atoms with Crippen molar-refractivity contribution in [2.45, 2.75) is 52.7 Å². The van der Waals surface area contributed by atoms with E-state index in [1.165, 1.54) is 0 Å². The van der Waals surface area contributed by atoms with Gasteiger partial charge in [0.05, 0.1) is 5.92 Å². The van der Waals surface area contributed by atoms with Crippen LogP contribution in [0.3, 0.4) is 0 Å². The largest absolute Gasteiger partial charge is 0.433 e. The second-order valence-corrected chi connectivity index (χ2v) is 5.05. The molecule has 0 rings (SSSR count). The maximum atomic E-state index is 11.9. The van der Waals surface area contributed by atoms with E-state index in [2.05, 4.69) is 12.7 Å². The summed E-state index contributed by atoms with van der Waals surface area (Å²) in [6.45, 7) is 7.90. The number of rotatable bonds is 9. The molecule has 0 saturated heterocycles. The van der Waals surface area contributed by atoms with E-state index >= 15 is 0 Å². The lowest BCUT2D eigenvalue weighted by Crippen LogP contribution is -2.38. The van der Waals surface area contributed by atoms with E-state index in [1.807, 2.05) is 20.8 Å². The zero-order valence-electron chi connectivity index (χ0n) is 11.6. The van der Waals surface area contributed by atoms with Crippen LogP contribution in [0.15, 0.2) is 0 Å². The van der Waals surface area contributed by atoms with E-state index in [0.717, 1.165) is 12.2 Å². The van der Waals surface area contributed by atoms with Gasteiger partial charge in [0.25, 0.3) is 0 Å². The number of ether oxygens (including phenoxy) is 2. The van der Waals surface area contributed by atoms with Gasteiger partial charge in [0.2, 0.25) is 5.79 Å². The van der Waals surface area contributed by atoms with E-state index in [-0.39, 0.29) is 11.9 Å². The zero-order valence-corrected chi connectivity index (χ0v) is 12.4. The molecule has 0 aromatic heterocycles. The molecular weight excluding hydrogens is 236 g/mol. The van der Waals surface area contributed by atoms with Gasteiger partial charge in [-0.25, -0.2) is 0 Å². The average molecular weight is 261 g/mol. The summed E-state index contributed by atoms with van der Waals surface area (Å²) in [6.07, 6.45) is 2.36. The Morgan fingerprint density at radius 3 is 2.35 bits per heavy atom. The molecule has 0 aliphatic heterocycles. The highest BCUT2D eigenvalue weighted by atomic mass is 32.2. The molecule has 0 fully saturated rings. The van der Waals surface area contributed by atoms with Crippen molar-refractivity contribution in [2.24, 2.45) is 5.92 Å². The number of esters is 1. The maximum Gasteiger partial charge on any atom is 0.311 e. The third kappa shape index (κ3) is 5.77. The van der Waals surface area contributed by atoms with Gasteiger partial charge in [-0.2, -0.15) is 11.8 Å². The standard InChI is InChI=1S/C13H25O3S/c1-6-9-17-10-11(4)12(14)16-13(7-2,8-3)15-5/h9,11H,6-8,10H2,1-5H3. The minimum atomic E-state index is -0.746. The number of carbonyl (C=O) groups excluding carboxylic acids is 1. The van der Waals surface area contributed by atoms with Gasteiger partial charge in [-0.1, -0.05) is 27.7 Å². The van der Waals surface area contributed by atoms with Crippen LogP contribution in [-0.2, 0) is 14.3 Å². The smallest absolute Gasteiger partial charge is 0.311 e. The molecule has 0 aliphatic carbocycles. The first-order chi connectivity index (χ1) is 8.05. The first kappa shape index (κ1) is 16.8. The Hall–Kier alpha value is -0.220. The average Bonchev–Trinajstić information content (AvgIpc) is 2.36. The second-order valence-electron chi connectivity index (χ2n) is 4.05. The Bertz CT molecular complexity index is 206. The number of carbonyl (C=O) groups is 1. The second kappa shape index (κ2) is 8.81. The molecule has 0 saturated carbocycles. The van der Waals surface area contributed by atoms with E-state index in [4.69, 9.17) is 9.47 Å². The van der Waals surface area contributed by atoms with Crippen molar-refractivity contribution in [1.29, 1.82) is 0 Å². The monoisotopic (exact) mass is 261 g/mol. The van der Waals surface area contributed by atoms with Crippen LogP contribution in [0.5, 0.6) is 0 Å². The highest BCUT2D eigenvalue weighted by Crippen LogP contribution is 2.24. The Morgan fingerprint density at radius 1 is 1.35 bits per heavy atom. The lowest BCUT2D eigenvalue weighted by Gasteiger charge is -2.30. The zero-order chi connectivity index (χ0) is 13.3. The van der Waals surface area contributed by atoms with Gasteiger partial charge in [0, 0.05) is 31.5 Å². The number of thioether (sulfide) groups is 1. The minimum absolute atomic E-state index is 0.101. The van der Waals surface area contributed by atoms with E-state index in [9.17, 15) is 4.79 Å². The highest BCUT2D eigenvalue weighted by molar-refractivity contribution is 8.01. The molecule has 4 heteroatoms. The Kier molecular flexibility index (Phi) is 8.70. The molecular formula is C13H25O3S. The van der Waals surface area contributed by atoms with Gasteiger partial charge in [0.15, 0.2) is 0 Å². The van der Waals surface area contributed by atoms with Gasteiger partial charge in [-0.15, -0.1) is 0 Å². The third-order valence-electron chi connectivity index (χ3n) is 2.77. The predicted molar refractivity (Wildman–Crippen MR) is 72.6 cm³/mol. The lowest BCUT2D eigenvalue weighted by molar-refractivity contribution is -0.226. The topological polar surface area (TPSA) is 35.5 Å². The van der Waals surface area contributed by atoms with Gasteiger partial charge in [-0.3, -0.25) is 4.79 Å². The summed E-state index contributed by atoms with van der Waals surface area (Å²) in [6, 6.07) is 0. The van der Waals surface area contributed by atoms with Crippen molar-refractivity contribution in [2.75, 3.05) is 12.9 Å². The summed E-state index contributed by atoms with van der Waals surface area (Å²) in [4.78, 5) is 11.9. The predicted octanol–water partition coefficient (Wildman–Crippen LogP) is 3.63. The van der Waals surface area contributed by atoms with Crippen LogP contribution in [0.2, 0.25) is 0 Å². The van der Waals surface area contributed by atoms with E-state index in [1.54, 1.807) is 18.9 Å². The van der Waals surface area contributed by atoms with Crippen molar-refractivity contribution < 1.29 is 14.3 Å². The van der Waals surface area contributed by atoms with Gasteiger partial charge in [0.1, 0.15) is 0 Å². The Morgan fingerprint density at radius 2 is 1.94 bits per heavy atom. The van der Waals surface area contributed by atoms with Crippen LogP contribution < -0.4 is 0 Å². The van der Waals surface area contributed by atoms with Crippen molar-refractivity contribution >= 4 is 17.7 Å². The summed E-state index contributed by atoms with van der Waals surface area (Å²) in [5.74, 6) is 1.85. The van der Waals surface area contributed by atoms with Crippen LogP contribution in [-0.4, -0.2) is 24.6 Å². The first-order valence-electron chi connectivity index (χ1n) is 6.26. The fourth-order valence-electron chi connectivity index (χ4n) is 1.41. The molecule has 0 bridgehead atoms. The van der Waals surface area contributed by atoms with Gasteiger partial charge < -0.3 is 9.47 Å². The van der Waals surface area contributed by atoms with Crippen LogP contribution in [0, 0.1) is 11.7 Å². The van der Waals surface area contributed by atoms with Crippen LogP contribution >= 0.6 is 11.8 Å². The summed E-state index contributed by atoms with van der Waals surface area (Å²) in [5.41, 5.74) is 0. The SMILES string of the molecule is CC[CH]SCC(C)C(=O)OC(CC)(CC)OC. The minimum Gasteiger partial charge on any atom is -0.433 e. The van der Waals surface area contributed by atoms with Gasteiger partial charge in [-0.05, 0) is 6.42 Å². The van der Waals surface area contributed by atoms with E-state index < -0.39 is 5.79 Å². The Labute approximate surface area is 110 Å². The van der Waals surface area contributed by atoms with Crippen LogP contribution in [0.4, 0.5) is 0 Å². The van der Waals surface area contributed by atoms with E-state index in [0.29, 0.717) is 12.8 Å².